The van der Waals surface area contributed by atoms with Crippen molar-refractivity contribution in [1.29, 1.82) is 0 Å². The number of nitrogens with one attached hydrogen (secondary N) is 1. The quantitative estimate of drug-likeness (QED) is 0.535. The maximum atomic E-state index is 12.2. The number of nitrogens with zero attached hydrogens (tertiary/aromatic N) is 1. The van der Waals surface area contributed by atoms with Crippen molar-refractivity contribution in [2.75, 3.05) is 11.9 Å². The molecule has 0 fully saturated rings. The van der Waals surface area contributed by atoms with Gasteiger partial charge in [0.1, 0.15) is 5.75 Å². The number of hydrogen-bond acceptors (Lipinski definition) is 5. The Kier molecular flexibility index (Phi) is 5.33. The van der Waals surface area contributed by atoms with E-state index in [2.05, 4.69) is 10.3 Å². The Labute approximate surface area is 166 Å². The van der Waals surface area contributed by atoms with E-state index < -0.39 is 5.63 Å². The first-order valence-corrected chi connectivity index (χ1v) is 9.17. The molecule has 0 atom stereocenters. The van der Waals surface area contributed by atoms with Gasteiger partial charge in [0, 0.05) is 11.3 Å². The van der Waals surface area contributed by atoms with E-state index in [0.29, 0.717) is 22.2 Å². The molecule has 0 aliphatic carbocycles. The molecule has 0 bridgehead atoms. The van der Waals surface area contributed by atoms with E-state index in [-0.39, 0.29) is 24.8 Å². The fraction of sp³-hybridized carbons (Fsp3) is 0.0870. The van der Waals surface area contributed by atoms with Gasteiger partial charge in [0.15, 0.2) is 0 Å². The predicted octanol–water partition coefficient (Wildman–Crippen LogP) is 4.26. The molecule has 0 aliphatic rings. The van der Waals surface area contributed by atoms with Crippen LogP contribution in [-0.4, -0.2) is 17.5 Å². The summed E-state index contributed by atoms with van der Waals surface area (Å²) in [5.41, 5.74) is 1.31. The van der Waals surface area contributed by atoms with Gasteiger partial charge in [-0.2, -0.15) is 0 Å². The lowest BCUT2D eigenvalue weighted by Crippen LogP contribution is -2.15. The number of aromatic nitrogens is 1. The number of hydrogen-bond donors (Lipinski definition) is 1. The molecule has 1 heterocycles. The molecule has 0 saturated heterocycles. The highest BCUT2D eigenvalue weighted by Crippen LogP contribution is 2.22. The molecule has 3 aromatic carbocycles. The molecule has 144 valence electrons. The average molecular weight is 386 g/mol. The molecule has 6 heteroatoms. The van der Waals surface area contributed by atoms with E-state index in [0.717, 1.165) is 5.75 Å². The van der Waals surface area contributed by atoms with Crippen molar-refractivity contribution in [3.63, 3.8) is 0 Å². The van der Waals surface area contributed by atoms with Gasteiger partial charge in [0.2, 0.25) is 11.8 Å². The van der Waals surface area contributed by atoms with E-state index in [4.69, 9.17) is 9.15 Å². The van der Waals surface area contributed by atoms with Gasteiger partial charge in [0.25, 0.3) is 0 Å². The van der Waals surface area contributed by atoms with E-state index in [9.17, 15) is 9.59 Å². The second kappa shape index (κ2) is 8.39. The van der Waals surface area contributed by atoms with Crippen LogP contribution in [0.15, 0.2) is 88.1 Å². The maximum Gasteiger partial charge on any atom is 0.347 e. The topological polar surface area (TPSA) is 81.4 Å². The number of amides is 1. The standard InChI is InChI=1S/C23H18N2O4/c26-21(13-14-28-18-9-2-1-3-10-18)24-17-8-6-7-16(15-17)22-25-20-12-5-4-11-19(20)23(27)29-22/h1-12,15H,13-14H2,(H,24,26). The SMILES string of the molecule is O=C(CCOc1ccccc1)Nc1cccc(-c2nc3ccccc3c(=O)o2)c1. The summed E-state index contributed by atoms with van der Waals surface area (Å²) in [6.45, 7) is 0.274. The van der Waals surface area contributed by atoms with Gasteiger partial charge < -0.3 is 14.5 Å². The van der Waals surface area contributed by atoms with Crippen LogP contribution in [0.4, 0.5) is 5.69 Å². The monoisotopic (exact) mass is 386 g/mol. The summed E-state index contributed by atoms with van der Waals surface area (Å²) in [6, 6.07) is 23.4. The van der Waals surface area contributed by atoms with Crippen LogP contribution in [0.25, 0.3) is 22.4 Å². The normalized spacial score (nSPS) is 10.6. The Bertz CT molecular complexity index is 1200. The molecule has 0 saturated carbocycles. The summed E-state index contributed by atoms with van der Waals surface area (Å²) in [5.74, 6) is 0.753. The first-order chi connectivity index (χ1) is 14.2. The first kappa shape index (κ1) is 18.4. The largest absolute Gasteiger partial charge is 0.493 e. The van der Waals surface area contributed by atoms with Crippen molar-refractivity contribution >= 4 is 22.5 Å². The number of rotatable bonds is 6. The average Bonchev–Trinajstić information content (AvgIpc) is 2.75. The third-order valence-corrected chi connectivity index (χ3v) is 4.27. The van der Waals surface area contributed by atoms with Crippen LogP contribution in [0.5, 0.6) is 5.75 Å². The Morgan fingerprint density at radius 2 is 1.76 bits per heavy atom. The lowest BCUT2D eigenvalue weighted by Gasteiger charge is -2.08. The van der Waals surface area contributed by atoms with E-state index >= 15 is 0 Å². The summed E-state index contributed by atoms with van der Waals surface area (Å²) in [4.78, 5) is 28.8. The van der Waals surface area contributed by atoms with Crippen molar-refractivity contribution in [2.24, 2.45) is 0 Å². The molecular weight excluding hydrogens is 368 g/mol. The van der Waals surface area contributed by atoms with Gasteiger partial charge in [-0.3, -0.25) is 4.79 Å². The fourth-order valence-electron chi connectivity index (χ4n) is 2.87. The van der Waals surface area contributed by atoms with E-state index in [1.54, 1.807) is 42.5 Å². The highest BCUT2D eigenvalue weighted by Gasteiger charge is 2.10. The molecule has 0 unspecified atom stereocenters. The molecule has 1 amide bonds. The number of para-hydroxylation sites is 2. The molecule has 4 rings (SSSR count). The Hall–Kier alpha value is -3.93. The van der Waals surface area contributed by atoms with Crippen LogP contribution >= 0.6 is 0 Å². The molecule has 29 heavy (non-hydrogen) atoms. The van der Waals surface area contributed by atoms with Gasteiger partial charge in [-0.25, -0.2) is 9.78 Å². The van der Waals surface area contributed by atoms with Crippen LogP contribution in [0.3, 0.4) is 0 Å². The minimum absolute atomic E-state index is 0.175. The second-order valence-electron chi connectivity index (χ2n) is 6.36. The fourth-order valence-corrected chi connectivity index (χ4v) is 2.87. The Morgan fingerprint density at radius 3 is 2.62 bits per heavy atom. The van der Waals surface area contributed by atoms with E-state index in [1.807, 2.05) is 36.4 Å². The second-order valence-corrected chi connectivity index (χ2v) is 6.36. The summed E-state index contributed by atoms with van der Waals surface area (Å²) in [7, 11) is 0. The molecule has 6 nitrogen and oxygen atoms in total. The number of carbonyl (C=O) groups is 1. The third-order valence-electron chi connectivity index (χ3n) is 4.27. The van der Waals surface area contributed by atoms with Gasteiger partial charge in [-0.15, -0.1) is 0 Å². The minimum atomic E-state index is -0.446. The zero-order valence-corrected chi connectivity index (χ0v) is 15.5. The van der Waals surface area contributed by atoms with Gasteiger partial charge in [-0.1, -0.05) is 36.4 Å². The number of ether oxygens (including phenoxy) is 1. The molecule has 0 radical (unpaired) electrons. The summed E-state index contributed by atoms with van der Waals surface area (Å²) >= 11 is 0. The lowest BCUT2D eigenvalue weighted by molar-refractivity contribution is -0.116. The van der Waals surface area contributed by atoms with Crippen molar-refractivity contribution < 1.29 is 13.9 Å². The van der Waals surface area contributed by atoms with Gasteiger partial charge in [0.05, 0.1) is 23.9 Å². The predicted molar refractivity (Wildman–Crippen MR) is 111 cm³/mol. The van der Waals surface area contributed by atoms with Crippen molar-refractivity contribution in [2.45, 2.75) is 6.42 Å². The number of benzene rings is 3. The lowest BCUT2D eigenvalue weighted by atomic mass is 10.2. The molecule has 0 aliphatic heterocycles. The number of carbonyl (C=O) groups excluding carboxylic acids is 1. The van der Waals surface area contributed by atoms with Crippen molar-refractivity contribution in [1.82, 2.24) is 4.98 Å². The van der Waals surface area contributed by atoms with Crippen molar-refractivity contribution in [3.05, 3.63) is 89.3 Å². The van der Waals surface area contributed by atoms with Crippen LogP contribution < -0.4 is 15.7 Å². The number of anilines is 1. The van der Waals surface area contributed by atoms with Gasteiger partial charge >= 0.3 is 5.63 Å². The molecule has 1 aromatic heterocycles. The Morgan fingerprint density at radius 1 is 0.966 bits per heavy atom. The Balaban J connectivity index is 1.45. The van der Waals surface area contributed by atoms with Gasteiger partial charge in [-0.05, 0) is 42.5 Å². The molecule has 0 spiro atoms. The first-order valence-electron chi connectivity index (χ1n) is 9.17. The number of fused-ring (bicyclic) bond motifs is 1. The summed E-state index contributed by atoms with van der Waals surface area (Å²) in [6.07, 6.45) is 0.211. The van der Waals surface area contributed by atoms with Crippen LogP contribution in [0.1, 0.15) is 6.42 Å². The van der Waals surface area contributed by atoms with E-state index in [1.165, 1.54) is 0 Å². The van der Waals surface area contributed by atoms with Crippen LogP contribution in [0.2, 0.25) is 0 Å². The zero-order chi connectivity index (χ0) is 20.1. The molecular formula is C23H18N2O4. The maximum absolute atomic E-state index is 12.2. The molecule has 4 aromatic rings. The highest BCUT2D eigenvalue weighted by molar-refractivity contribution is 5.91. The summed E-state index contributed by atoms with van der Waals surface area (Å²) < 4.78 is 10.9. The smallest absolute Gasteiger partial charge is 0.347 e. The molecule has 1 N–H and O–H groups in total. The van der Waals surface area contributed by atoms with Crippen LogP contribution in [0, 0.1) is 0 Å². The zero-order valence-electron chi connectivity index (χ0n) is 15.5. The summed E-state index contributed by atoms with van der Waals surface area (Å²) in [5, 5.41) is 3.25. The van der Waals surface area contributed by atoms with Crippen LogP contribution in [-0.2, 0) is 4.79 Å². The van der Waals surface area contributed by atoms with Crippen molar-refractivity contribution in [3.8, 4) is 17.2 Å². The highest BCUT2D eigenvalue weighted by atomic mass is 16.5. The minimum Gasteiger partial charge on any atom is -0.493 e. The third kappa shape index (κ3) is 4.50.